The standard InChI is InChI=1S/C22H29NO3/c1-5-15-9-11-16(12-10-15)20(24)17-13-18-7-6-8-19(14-17)23(18)21(25)26-22(2,3)4/h5,9-12,17-19H,1,6-8,13-14H2,2-4H3. The zero-order chi connectivity index (χ0) is 18.9. The number of benzene rings is 1. The highest BCUT2D eigenvalue weighted by molar-refractivity contribution is 5.98. The molecule has 2 atom stereocenters. The van der Waals surface area contributed by atoms with Crippen molar-refractivity contribution >= 4 is 18.0 Å². The van der Waals surface area contributed by atoms with Crippen molar-refractivity contribution in [1.29, 1.82) is 0 Å². The van der Waals surface area contributed by atoms with E-state index in [0.717, 1.165) is 43.2 Å². The summed E-state index contributed by atoms with van der Waals surface area (Å²) < 4.78 is 5.61. The van der Waals surface area contributed by atoms with Gasteiger partial charge in [-0.25, -0.2) is 4.79 Å². The van der Waals surface area contributed by atoms with Crippen molar-refractivity contribution in [2.75, 3.05) is 0 Å². The molecule has 4 nitrogen and oxygen atoms in total. The summed E-state index contributed by atoms with van der Waals surface area (Å²) in [6.45, 7) is 9.43. The highest BCUT2D eigenvalue weighted by Crippen LogP contribution is 2.39. The quantitative estimate of drug-likeness (QED) is 0.710. The molecule has 26 heavy (non-hydrogen) atoms. The van der Waals surface area contributed by atoms with E-state index in [-0.39, 0.29) is 29.9 Å². The molecule has 1 amide bonds. The van der Waals surface area contributed by atoms with Crippen molar-refractivity contribution in [1.82, 2.24) is 4.90 Å². The molecule has 0 N–H and O–H groups in total. The summed E-state index contributed by atoms with van der Waals surface area (Å²) in [6.07, 6.45) is 6.04. The van der Waals surface area contributed by atoms with Gasteiger partial charge in [0.25, 0.3) is 0 Å². The van der Waals surface area contributed by atoms with Crippen LogP contribution in [0.2, 0.25) is 0 Å². The van der Waals surface area contributed by atoms with Gasteiger partial charge in [0.15, 0.2) is 5.78 Å². The summed E-state index contributed by atoms with van der Waals surface area (Å²) in [6, 6.07) is 7.84. The van der Waals surface area contributed by atoms with E-state index in [4.69, 9.17) is 4.74 Å². The second-order valence-corrected chi connectivity index (χ2v) is 8.48. The van der Waals surface area contributed by atoms with Crippen molar-refractivity contribution in [3.05, 3.63) is 42.0 Å². The number of amides is 1. The molecule has 0 aromatic heterocycles. The van der Waals surface area contributed by atoms with E-state index in [2.05, 4.69) is 6.58 Å². The van der Waals surface area contributed by atoms with Gasteiger partial charge in [0, 0.05) is 23.6 Å². The summed E-state index contributed by atoms with van der Waals surface area (Å²) in [4.78, 5) is 27.5. The zero-order valence-electron chi connectivity index (χ0n) is 16.0. The number of rotatable bonds is 3. The van der Waals surface area contributed by atoms with Crippen LogP contribution in [-0.2, 0) is 4.74 Å². The third-order valence-electron chi connectivity index (χ3n) is 5.38. The van der Waals surface area contributed by atoms with E-state index >= 15 is 0 Å². The Labute approximate surface area is 156 Å². The molecule has 4 heteroatoms. The van der Waals surface area contributed by atoms with Crippen LogP contribution in [0.15, 0.2) is 30.8 Å². The summed E-state index contributed by atoms with van der Waals surface area (Å²) in [7, 11) is 0. The molecule has 2 bridgehead atoms. The predicted octanol–water partition coefficient (Wildman–Crippen LogP) is 5.08. The lowest BCUT2D eigenvalue weighted by Crippen LogP contribution is -2.56. The lowest BCUT2D eigenvalue weighted by atomic mass is 9.76. The lowest BCUT2D eigenvalue weighted by molar-refractivity contribution is -0.0260. The average Bonchev–Trinajstić information content (AvgIpc) is 2.58. The molecule has 140 valence electrons. The van der Waals surface area contributed by atoms with E-state index < -0.39 is 5.60 Å². The first kappa shape index (κ1) is 18.7. The fraction of sp³-hybridized carbons (Fsp3) is 0.545. The molecule has 2 fully saturated rings. The maximum atomic E-state index is 13.0. The number of hydrogen-bond donors (Lipinski definition) is 0. The van der Waals surface area contributed by atoms with Gasteiger partial charge in [-0.05, 0) is 58.4 Å². The Morgan fingerprint density at radius 3 is 2.19 bits per heavy atom. The third kappa shape index (κ3) is 4.00. The van der Waals surface area contributed by atoms with E-state index in [1.165, 1.54) is 0 Å². The number of piperidine rings is 2. The minimum Gasteiger partial charge on any atom is -0.444 e. The van der Waals surface area contributed by atoms with Gasteiger partial charge in [0.2, 0.25) is 0 Å². The van der Waals surface area contributed by atoms with Crippen molar-refractivity contribution in [2.24, 2.45) is 5.92 Å². The van der Waals surface area contributed by atoms with Crippen LogP contribution in [0, 0.1) is 5.92 Å². The van der Waals surface area contributed by atoms with Crippen molar-refractivity contribution in [3.63, 3.8) is 0 Å². The number of Topliss-reactive ketones (excluding diaryl/α,β-unsaturated/α-hetero) is 1. The van der Waals surface area contributed by atoms with Gasteiger partial charge in [-0.3, -0.25) is 4.79 Å². The second kappa shape index (κ2) is 7.26. The van der Waals surface area contributed by atoms with Crippen molar-refractivity contribution in [3.8, 4) is 0 Å². The predicted molar refractivity (Wildman–Crippen MR) is 103 cm³/mol. The Bertz CT molecular complexity index is 672. The molecule has 2 aliphatic heterocycles. The third-order valence-corrected chi connectivity index (χ3v) is 5.38. The largest absolute Gasteiger partial charge is 0.444 e. The van der Waals surface area contributed by atoms with Crippen LogP contribution in [-0.4, -0.2) is 34.5 Å². The molecule has 0 spiro atoms. The van der Waals surface area contributed by atoms with Gasteiger partial charge < -0.3 is 9.64 Å². The normalized spacial score (nSPS) is 25.5. The van der Waals surface area contributed by atoms with Crippen molar-refractivity contribution in [2.45, 2.75) is 70.6 Å². The van der Waals surface area contributed by atoms with Crippen LogP contribution in [0.25, 0.3) is 6.08 Å². The van der Waals surface area contributed by atoms with E-state index in [0.29, 0.717) is 0 Å². The smallest absolute Gasteiger partial charge is 0.410 e. The molecule has 2 saturated heterocycles. The summed E-state index contributed by atoms with van der Waals surface area (Å²) in [5.74, 6) is 0.180. The number of hydrogen-bond acceptors (Lipinski definition) is 3. The molecular formula is C22H29NO3. The molecule has 2 heterocycles. The van der Waals surface area contributed by atoms with E-state index in [1.807, 2.05) is 49.9 Å². The fourth-order valence-corrected chi connectivity index (χ4v) is 4.23. The number of ether oxygens (including phenoxy) is 1. The highest BCUT2D eigenvalue weighted by atomic mass is 16.6. The van der Waals surface area contributed by atoms with Crippen LogP contribution >= 0.6 is 0 Å². The van der Waals surface area contributed by atoms with Crippen LogP contribution in [0.1, 0.15) is 68.8 Å². The number of carbonyl (C=O) groups is 2. The fourth-order valence-electron chi connectivity index (χ4n) is 4.23. The van der Waals surface area contributed by atoms with Gasteiger partial charge >= 0.3 is 6.09 Å². The number of carbonyl (C=O) groups excluding carboxylic acids is 2. The molecule has 1 aromatic carbocycles. The Morgan fingerprint density at radius 1 is 1.12 bits per heavy atom. The zero-order valence-corrected chi connectivity index (χ0v) is 16.0. The summed E-state index contributed by atoms with van der Waals surface area (Å²) >= 11 is 0. The number of ketones is 1. The monoisotopic (exact) mass is 355 g/mol. The molecule has 2 unspecified atom stereocenters. The summed E-state index contributed by atoms with van der Waals surface area (Å²) in [5, 5.41) is 0. The van der Waals surface area contributed by atoms with Gasteiger partial charge in [-0.1, -0.05) is 36.9 Å². The first-order valence-electron chi connectivity index (χ1n) is 9.56. The van der Waals surface area contributed by atoms with E-state index in [9.17, 15) is 9.59 Å². The Hall–Kier alpha value is -2.10. The summed E-state index contributed by atoms with van der Waals surface area (Å²) in [5.41, 5.74) is 1.27. The first-order chi connectivity index (χ1) is 12.3. The average molecular weight is 355 g/mol. The first-order valence-corrected chi connectivity index (χ1v) is 9.56. The second-order valence-electron chi connectivity index (χ2n) is 8.48. The molecule has 3 rings (SSSR count). The lowest BCUT2D eigenvalue weighted by Gasteiger charge is -2.48. The SMILES string of the molecule is C=Cc1ccc(C(=O)C2CC3CCCC(C2)N3C(=O)OC(C)(C)C)cc1. The molecule has 0 radical (unpaired) electrons. The molecule has 0 saturated carbocycles. The highest BCUT2D eigenvalue weighted by Gasteiger charge is 2.44. The Morgan fingerprint density at radius 2 is 1.69 bits per heavy atom. The number of fused-ring (bicyclic) bond motifs is 2. The molecular weight excluding hydrogens is 326 g/mol. The Balaban J connectivity index is 1.73. The van der Waals surface area contributed by atoms with Crippen LogP contribution in [0.3, 0.4) is 0 Å². The Kier molecular flexibility index (Phi) is 5.22. The topological polar surface area (TPSA) is 46.6 Å². The van der Waals surface area contributed by atoms with Gasteiger partial charge in [-0.2, -0.15) is 0 Å². The van der Waals surface area contributed by atoms with E-state index in [1.54, 1.807) is 6.08 Å². The van der Waals surface area contributed by atoms with Gasteiger partial charge in [0.1, 0.15) is 5.60 Å². The number of nitrogens with zero attached hydrogens (tertiary/aromatic N) is 1. The molecule has 1 aromatic rings. The van der Waals surface area contributed by atoms with Crippen LogP contribution < -0.4 is 0 Å². The van der Waals surface area contributed by atoms with Crippen molar-refractivity contribution < 1.29 is 14.3 Å². The van der Waals surface area contributed by atoms with Gasteiger partial charge in [-0.15, -0.1) is 0 Å². The van der Waals surface area contributed by atoms with Crippen LogP contribution in [0.5, 0.6) is 0 Å². The molecule has 0 aliphatic carbocycles. The minimum atomic E-state index is -0.495. The minimum absolute atomic E-state index is 0.0152. The van der Waals surface area contributed by atoms with Gasteiger partial charge in [0.05, 0.1) is 0 Å². The van der Waals surface area contributed by atoms with Crippen LogP contribution in [0.4, 0.5) is 4.79 Å². The maximum absolute atomic E-state index is 13.0. The molecule has 2 aliphatic rings. The maximum Gasteiger partial charge on any atom is 0.410 e.